The van der Waals surface area contributed by atoms with Gasteiger partial charge in [0.15, 0.2) is 0 Å². The van der Waals surface area contributed by atoms with Gasteiger partial charge in [0, 0.05) is 0 Å². The highest BCUT2D eigenvalue weighted by Crippen LogP contribution is 2.49. The summed E-state index contributed by atoms with van der Waals surface area (Å²) in [6.45, 7) is 18.4. The van der Waals surface area contributed by atoms with Crippen LogP contribution in [0.4, 0.5) is 0 Å². The van der Waals surface area contributed by atoms with Crippen molar-refractivity contribution in [2.45, 2.75) is 73.6 Å². The number of allylic oxidation sites excluding steroid dienone is 1. The van der Waals surface area contributed by atoms with E-state index in [0.717, 1.165) is 29.6 Å². The molecule has 0 bridgehead atoms. The van der Waals surface area contributed by atoms with Crippen LogP contribution in [0.25, 0.3) is 0 Å². The van der Waals surface area contributed by atoms with E-state index in [0.29, 0.717) is 5.92 Å². The quantitative estimate of drug-likeness (QED) is 0.355. The second kappa shape index (κ2) is 7.50. The van der Waals surface area contributed by atoms with Crippen molar-refractivity contribution in [1.29, 1.82) is 0 Å². The zero-order chi connectivity index (χ0) is 14.6. The van der Waals surface area contributed by atoms with Crippen LogP contribution in [0.3, 0.4) is 0 Å². The molecule has 0 amide bonds. The first-order valence-corrected chi connectivity index (χ1v) is 8.50. The van der Waals surface area contributed by atoms with Crippen molar-refractivity contribution in [2.24, 2.45) is 35.5 Å². The average molecular weight is 264 g/mol. The minimum Gasteiger partial charge on any atom is -0.0999 e. The van der Waals surface area contributed by atoms with E-state index in [1.54, 1.807) is 0 Å². The molecule has 0 spiro atoms. The van der Waals surface area contributed by atoms with E-state index in [2.05, 4.69) is 48.1 Å². The molecule has 1 fully saturated rings. The van der Waals surface area contributed by atoms with Crippen LogP contribution in [-0.2, 0) is 0 Å². The summed E-state index contributed by atoms with van der Waals surface area (Å²) in [4.78, 5) is 0. The zero-order valence-electron chi connectivity index (χ0n) is 14.2. The molecule has 0 radical (unpaired) electrons. The van der Waals surface area contributed by atoms with E-state index >= 15 is 0 Å². The smallest absolute Gasteiger partial charge is 0.0206 e. The molecule has 1 saturated carbocycles. The predicted molar refractivity (Wildman–Crippen MR) is 87.2 cm³/mol. The molecule has 1 aliphatic carbocycles. The maximum atomic E-state index is 4.22. The molecular formula is C19H36. The van der Waals surface area contributed by atoms with Gasteiger partial charge in [-0.1, -0.05) is 66.0 Å². The molecule has 19 heavy (non-hydrogen) atoms. The Morgan fingerprint density at radius 1 is 1.11 bits per heavy atom. The lowest BCUT2D eigenvalue weighted by Crippen LogP contribution is -2.40. The Labute approximate surface area is 122 Å². The van der Waals surface area contributed by atoms with Crippen molar-refractivity contribution >= 4 is 0 Å². The van der Waals surface area contributed by atoms with Gasteiger partial charge in [-0.3, -0.25) is 0 Å². The first-order chi connectivity index (χ1) is 8.84. The lowest BCUT2D eigenvalue weighted by molar-refractivity contribution is 0.0257. The molecule has 0 heterocycles. The number of rotatable bonds is 8. The van der Waals surface area contributed by atoms with Crippen LogP contribution >= 0.6 is 0 Å². The van der Waals surface area contributed by atoms with Gasteiger partial charge in [0.05, 0.1) is 0 Å². The highest BCUT2D eigenvalue weighted by atomic mass is 14.5. The molecule has 112 valence electrons. The Kier molecular flexibility index (Phi) is 6.63. The second-order valence-corrected chi connectivity index (χ2v) is 7.71. The third-order valence-corrected chi connectivity index (χ3v) is 5.76. The largest absolute Gasteiger partial charge is 0.0999 e. The summed E-state index contributed by atoms with van der Waals surface area (Å²) in [6.07, 6.45) is 7.09. The standard InChI is InChI=1S/C19H36/c1-13(2)10-8-9-11-18(16(6)14(3)4)19-12-15(5)17(19)7/h13,15-19H,3,8-12H2,1-2,4-7H3. The summed E-state index contributed by atoms with van der Waals surface area (Å²) >= 11 is 0. The summed E-state index contributed by atoms with van der Waals surface area (Å²) < 4.78 is 0. The SMILES string of the molecule is C=C(C)C(C)C(CCCCC(C)C)C1CC(C)C1C. The number of hydrogen-bond acceptors (Lipinski definition) is 0. The fourth-order valence-electron chi connectivity index (χ4n) is 3.78. The predicted octanol–water partition coefficient (Wildman–Crippen LogP) is 6.32. The van der Waals surface area contributed by atoms with Gasteiger partial charge in [0.25, 0.3) is 0 Å². The fraction of sp³-hybridized carbons (Fsp3) is 0.895. The van der Waals surface area contributed by atoms with E-state index in [9.17, 15) is 0 Å². The van der Waals surface area contributed by atoms with Gasteiger partial charge >= 0.3 is 0 Å². The molecule has 0 aromatic carbocycles. The molecule has 1 rings (SSSR count). The Bertz CT molecular complexity index is 276. The Balaban J connectivity index is 2.48. The fourth-order valence-corrected chi connectivity index (χ4v) is 3.78. The van der Waals surface area contributed by atoms with Crippen molar-refractivity contribution in [2.75, 3.05) is 0 Å². The van der Waals surface area contributed by atoms with E-state index in [-0.39, 0.29) is 0 Å². The minimum absolute atomic E-state index is 0.707. The maximum absolute atomic E-state index is 4.22. The highest BCUT2D eigenvalue weighted by Gasteiger charge is 2.41. The molecule has 1 aliphatic rings. The first kappa shape index (κ1) is 16.8. The third-order valence-electron chi connectivity index (χ3n) is 5.76. The molecule has 0 nitrogen and oxygen atoms in total. The Morgan fingerprint density at radius 3 is 2.11 bits per heavy atom. The normalized spacial score (nSPS) is 29.9. The molecule has 0 aromatic rings. The van der Waals surface area contributed by atoms with Gasteiger partial charge in [0.2, 0.25) is 0 Å². The topological polar surface area (TPSA) is 0 Å². The van der Waals surface area contributed by atoms with E-state index in [1.807, 2.05) is 0 Å². The van der Waals surface area contributed by atoms with Gasteiger partial charge < -0.3 is 0 Å². The molecule has 5 atom stereocenters. The monoisotopic (exact) mass is 264 g/mol. The average Bonchev–Trinajstić information content (AvgIpc) is 2.35. The van der Waals surface area contributed by atoms with Gasteiger partial charge in [0.1, 0.15) is 0 Å². The van der Waals surface area contributed by atoms with Crippen LogP contribution in [0.1, 0.15) is 73.6 Å². The molecule has 0 N–H and O–H groups in total. The maximum Gasteiger partial charge on any atom is -0.0206 e. The highest BCUT2D eigenvalue weighted by molar-refractivity contribution is 5.01. The molecule has 0 saturated heterocycles. The summed E-state index contributed by atoms with van der Waals surface area (Å²) in [5, 5.41) is 0. The van der Waals surface area contributed by atoms with Crippen LogP contribution < -0.4 is 0 Å². The Hall–Kier alpha value is -0.260. The summed E-state index contributed by atoms with van der Waals surface area (Å²) in [7, 11) is 0. The molecule has 5 unspecified atom stereocenters. The van der Waals surface area contributed by atoms with Crippen molar-refractivity contribution in [1.82, 2.24) is 0 Å². The van der Waals surface area contributed by atoms with Crippen LogP contribution in [0, 0.1) is 35.5 Å². The lowest BCUT2D eigenvalue weighted by Gasteiger charge is -2.48. The first-order valence-electron chi connectivity index (χ1n) is 8.50. The second-order valence-electron chi connectivity index (χ2n) is 7.71. The molecule has 0 heteroatoms. The van der Waals surface area contributed by atoms with Crippen LogP contribution in [0.5, 0.6) is 0 Å². The van der Waals surface area contributed by atoms with Gasteiger partial charge in [-0.05, 0) is 55.3 Å². The van der Waals surface area contributed by atoms with Gasteiger partial charge in [-0.2, -0.15) is 0 Å². The molecule has 0 aromatic heterocycles. The summed E-state index contributed by atoms with van der Waals surface area (Å²) in [5.41, 5.74) is 1.39. The van der Waals surface area contributed by atoms with Crippen LogP contribution in [0.2, 0.25) is 0 Å². The van der Waals surface area contributed by atoms with Crippen molar-refractivity contribution in [3.8, 4) is 0 Å². The van der Waals surface area contributed by atoms with Crippen molar-refractivity contribution < 1.29 is 0 Å². The minimum atomic E-state index is 0.707. The van der Waals surface area contributed by atoms with E-state index < -0.39 is 0 Å². The van der Waals surface area contributed by atoms with Crippen molar-refractivity contribution in [3.05, 3.63) is 12.2 Å². The summed E-state index contributed by atoms with van der Waals surface area (Å²) in [6, 6.07) is 0. The van der Waals surface area contributed by atoms with Gasteiger partial charge in [-0.15, -0.1) is 0 Å². The zero-order valence-corrected chi connectivity index (χ0v) is 14.2. The number of hydrogen-bond donors (Lipinski definition) is 0. The van der Waals surface area contributed by atoms with E-state index in [4.69, 9.17) is 0 Å². The summed E-state index contributed by atoms with van der Waals surface area (Å²) in [5.74, 6) is 5.28. The van der Waals surface area contributed by atoms with Gasteiger partial charge in [-0.25, -0.2) is 0 Å². The molecular weight excluding hydrogens is 228 g/mol. The van der Waals surface area contributed by atoms with Crippen molar-refractivity contribution in [3.63, 3.8) is 0 Å². The van der Waals surface area contributed by atoms with Crippen LogP contribution in [-0.4, -0.2) is 0 Å². The van der Waals surface area contributed by atoms with E-state index in [1.165, 1.54) is 37.7 Å². The van der Waals surface area contributed by atoms with Crippen LogP contribution in [0.15, 0.2) is 12.2 Å². The lowest BCUT2D eigenvalue weighted by atomic mass is 9.57. The third kappa shape index (κ3) is 4.65. The number of unbranched alkanes of at least 4 members (excludes halogenated alkanes) is 1. The Morgan fingerprint density at radius 2 is 1.68 bits per heavy atom. The molecule has 0 aliphatic heterocycles.